The van der Waals surface area contributed by atoms with Gasteiger partial charge in [-0.2, -0.15) is 21.4 Å². The summed E-state index contributed by atoms with van der Waals surface area (Å²) in [7, 11) is 1.81. The van der Waals surface area contributed by atoms with Crippen LogP contribution < -0.4 is 0 Å². The number of hydrogen-bond donors (Lipinski definition) is 0. The quantitative estimate of drug-likeness (QED) is 0.465. The third-order valence-corrected chi connectivity index (χ3v) is 5.52. The Balaban J connectivity index is 1.35. The molecule has 0 fully saturated rings. The van der Waals surface area contributed by atoms with E-state index in [9.17, 15) is 4.79 Å². The highest BCUT2D eigenvalue weighted by atomic mass is 32.1. The van der Waals surface area contributed by atoms with E-state index in [0.717, 1.165) is 16.8 Å². The topological polar surface area (TPSA) is 89.9 Å². The molecule has 3 heterocycles. The summed E-state index contributed by atoms with van der Waals surface area (Å²) in [6, 6.07) is 9.80. The fourth-order valence-electron chi connectivity index (χ4n) is 2.94. The van der Waals surface area contributed by atoms with Gasteiger partial charge in [-0.15, -0.1) is 0 Å². The molecule has 8 nitrogen and oxygen atoms in total. The fraction of sp³-hybridized carbons (Fsp3) is 0.250. The standard InChI is InChI=1S/C20H20N6O2S/c1-14(15-3-5-17(6-4-15)26-13-21-12-22-26)25(2)19(27)8-7-18-23-20(24-28-18)16-9-10-29-11-16/h3-6,9-14H,7-8H2,1-2H3/t14-/m0/s1. The molecule has 0 N–H and O–H groups in total. The van der Waals surface area contributed by atoms with E-state index in [4.69, 9.17) is 4.52 Å². The van der Waals surface area contributed by atoms with Crippen LogP contribution in [0.3, 0.4) is 0 Å². The molecule has 0 saturated heterocycles. The molecule has 148 valence electrons. The maximum atomic E-state index is 12.6. The van der Waals surface area contributed by atoms with Crippen molar-refractivity contribution in [3.05, 3.63) is 65.2 Å². The van der Waals surface area contributed by atoms with E-state index in [-0.39, 0.29) is 11.9 Å². The molecule has 1 amide bonds. The number of amides is 1. The van der Waals surface area contributed by atoms with Gasteiger partial charge in [-0.25, -0.2) is 9.67 Å². The van der Waals surface area contributed by atoms with Gasteiger partial charge in [0.05, 0.1) is 11.7 Å². The monoisotopic (exact) mass is 408 g/mol. The summed E-state index contributed by atoms with van der Waals surface area (Å²) in [6.07, 6.45) is 3.87. The maximum absolute atomic E-state index is 12.6. The Kier molecular flexibility index (Phi) is 5.48. The Hall–Kier alpha value is -3.33. The summed E-state index contributed by atoms with van der Waals surface area (Å²) in [5.74, 6) is 1.05. The number of hydrogen-bond acceptors (Lipinski definition) is 7. The molecule has 4 rings (SSSR count). The SMILES string of the molecule is C[C@@H](c1ccc(-n2cncn2)cc1)N(C)C(=O)CCc1nc(-c2ccsc2)no1. The Bertz CT molecular complexity index is 1060. The van der Waals surface area contributed by atoms with Gasteiger partial charge >= 0.3 is 0 Å². The Morgan fingerprint density at radius 2 is 2.10 bits per heavy atom. The molecular weight excluding hydrogens is 388 g/mol. The molecule has 0 saturated carbocycles. The maximum Gasteiger partial charge on any atom is 0.227 e. The molecule has 0 aliphatic rings. The van der Waals surface area contributed by atoms with Gasteiger partial charge in [0.2, 0.25) is 17.6 Å². The zero-order valence-electron chi connectivity index (χ0n) is 16.1. The molecule has 0 bridgehead atoms. The van der Waals surface area contributed by atoms with Crippen LogP contribution in [-0.4, -0.2) is 42.8 Å². The zero-order valence-corrected chi connectivity index (χ0v) is 16.9. The summed E-state index contributed by atoms with van der Waals surface area (Å²) >= 11 is 1.58. The lowest BCUT2D eigenvalue weighted by Crippen LogP contribution is -2.29. The van der Waals surface area contributed by atoms with Gasteiger partial charge in [-0.05, 0) is 36.1 Å². The lowest BCUT2D eigenvalue weighted by molar-refractivity contribution is -0.131. The minimum absolute atomic E-state index is 0.0214. The van der Waals surface area contributed by atoms with Crippen molar-refractivity contribution >= 4 is 17.2 Å². The van der Waals surface area contributed by atoms with Crippen LogP contribution in [0.2, 0.25) is 0 Å². The summed E-state index contributed by atoms with van der Waals surface area (Å²) in [4.78, 5) is 22.7. The van der Waals surface area contributed by atoms with E-state index in [1.165, 1.54) is 6.33 Å². The molecule has 1 aromatic carbocycles. The van der Waals surface area contributed by atoms with Crippen molar-refractivity contribution in [3.8, 4) is 17.1 Å². The first-order valence-corrected chi connectivity index (χ1v) is 10.1. The number of aromatic nitrogens is 5. The molecular formula is C20H20N6O2S. The average Bonchev–Trinajstić information content (AvgIpc) is 3.52. The van der Waals surface area contributed by atoms with Crippen LogP contribution in [0.1, 0.15) is 30.8 Å². The summed E-state index contributed by atoms with van der Waals surface area (Å²) < 4.78 is 6.96. The van der Waals surface area contributed by atoms with E-state index >= 15 is 0 Å². The second kappa shape index (κ2) is 8.36. The highest BCUT2D eigenvalue weighted by Crippen LogP contribution is 2.22. The normalized spacial score (nSPS) is 12.1. The number of nitrogens with zero attached hydrogens (tertiary/aromatic N) is 6. The van der Waals surface area contributed by atoms with Gasteiger partial charge in [0.15, 0.2) is 0 Å². The van der Waals surface area contributed by atoms with Crippen LogP contribution in [0.15, 0.2) is 58.3 Å². The third-order valence-electron chi connectivity index (χ3n) is 4.83. The Labute approximate surface area is 171 Å². The first kappa shape index (κ1) is 19.0. The van der Waals surface area contributed by atoms with Gasteiger partial charge in [0, 0.05) is 30.8 Å². The highest BCUT2D eigenvalue weighted by molar-refractivity contribution is 7.08. The van der Waals surface area contributed by atoms with Gasteiger partial charge < -0.3 is 9.42 Å². The van der Waals surface area contributed by atoms with Crippen LogP contribution in [-0.2, 0) is 11.2 Å². The zero-order chi connectivity index (χ0) is 20.2. The molecule has 0 aliphatic carbocycles. The number of rotatable bonds is 7. The number of carbonyl (C=O) groups is 1. The number of benzene rings is 1. The van der Waals surface area contributed by atoms with Crippen molar-refractivity contribution in [2.45, 2.75) is 25.8 Å². The van der Waals surface area contributed by atoms with E-state index in [1.807, 2.05) is 55.1 Å². The average molecular weight is 408 g/mol. The number of aryl methyl sites for hydroxylation is 1. The summed E-state index contributed by atoms with van der Waals surface area (Å²) in [5, 5.41) is 12.0. The van der Waals surface area contributed by atoms with Crippen LogP contribution >= 0.6 is 11.3 Å². The van der Waals surface area contributed by atoms with E-state index < -0.39 is 0 Å². The molecule has 29 heavy (non-hydrogen) atoms. The lowest BCUT2D eigenvalue weighted by Gasteiger charge is -2.25. The van der Waals surface area contributed by atoms with E-state index in [1.54, 1.807) is 27.2 Å². The van der Waals surface area contributed by atoms with Crippen molar-refractivity contribution in [1.29, 1.82) is 0 Å². The Morgan fingerprint density at radius 1 is 1.28 bits per heavy atom. The predicted molar refractivity (Wildman–Crippen MR) is 108 cm³/mol. The molecule has 0 aliphatic heterocycles. The van der Waals surface area contributed by atoms with Crippen molar-refractivity contribution in [1.82, 2.24) is 29.8 Å². The minimum Gasteiger partial charge on any atom is -0.339 e. The fourth-order valence-corrected chi connectivity index (χ4v) is 3.58. The molecule has 9 heteroatoms. The molecule has 4 aromatic rings. The third kappa shape index (κ3) is 4.24. The van der Waals surface area contributed by atoms with Gasteiger partial charge in [-0.1, -0.05) is 17.3 Å². The summed E-state index contributed by atoms with van der Waals surface area (Å²) in [5.41, 5.74) is 2.89. The van der Waals surface area contributed by atoms with Crippen molar-refractivity contribution in [2.24, 2.45) is 0 Å². The van der Waals surface area contributed by atoms with Crippen LogP contribution in [0.5, 0.6) is 0 Å². The van der Waals surface area contributed by atoms with Crippen molar-refractivity contribution < 1.29 is 9.32 Å². The van der Waals surface area contributed by atoms with Crippen molar-refractivity contribution in [2.75, 3.05) is 7.05 Å². The second-order valence-electron chi connectivity index (χ2n) is 6.64. The van der Waals surface area contributed by atoms with Crippen molar-refractivity contribution in [3.63, 3.8) is 0 Å². The molecule has 0 spiro atoms. The van der Waals surface area contributed by atoms with Gasteiger partial charge in [-0.3, -0.25) is 4.79 Å². The first-order valence-electron chi connectivity index (χ1n) is 9.17. The number of thiophene rings is 1. The van der Waals surface area contributed by atoms with Crippen LogP contribution in [0.25, 0.3) is 17.1 Å². The lowest BCUT2D eigenvalue weighted by atomic mass is 10.1. The summed E-state index contributed by atoms with van der Waals surface area (Å²) in [6.45, 7) is 2.00. The molecule has 3 aromatic heterocycles. The molecule has 0 radical (unpaired) electrons. The molecule has 0 unspecified atom stereocenters. The molecule has 1 atom stereocenters. The van der Waals surface area contributed by atoms with E-state index in [0.29, 0.717) is 24.6 Å². The Morgan fingerprint density at radius 3 is 2.79 bits per heavy atom. The van der Waals surface area contributed by atoms with Gasteiger partial charge in [0.1, 0.15) is 12.7 Å². The van der Waals surface area contributed by atoms with E-state index in [2.05, 4.69) is 20.2 Å². The second-order valence-corrected chi connectivity index (χ2v) is 7.42. The largest absolute Gasteiger partial charge is 0.339 e. The predicted octanol–water partition coefficient (Wildman–Crippen LogP) is 3.53. The van der Waals surface area contributed by atoms with Crippen LogP contribution in [0.4, 0.5) is 0 Å². The number of carbonyl (C=O) groups excluding carboxylic acids is 1. The smallest absolute Gasteiger partial charge is 0.227 e. The highest BCUT2D eigenvalue weighted by Gasteiger charge is 2.19. The first-order chi connectivity index (χ1) is 14.1. The minimum atomic E-state index is -0.0589. The van der Waals surface area contributed by atoms with Crippen LogP contribution in [0, 0.1) is 0 Å². The van der Waals surface area contributed by atoms with Gasteiger partial charge in [0.25, 0.3) is 0 Å².